The first-order chi connectivity index (χ1) is 35.9. The van der Waals surface area contributed by atoms with Crippen molar-refractivity contribution in [2.24, 2.45) is 0 Å². The van der Waals surface area contributed by atoms with Gasteiger partial charge in [0.2, 0.25) is 0 Å². The van der Waals surface area contributed by atoms with Crippen molar-refractivity contribution in [2.75, 3.05) is 14.2 Å². The second-order valence-corrected chi connectivity index (χ2v) is 16.3. The summed E-state index contributed by atoms with van der Waals surface area (Å²) in [6.07, 6.45) is 3.60. The Kier molecular flexibility index (Phi) is 30.1. The van der Waals surface area contributed by atoms with Gasteiger partial charge in [0, 0.05) is 94.9 Å². The van der Waals surface area contributed by atoms with E-state index >= 15 is 0 Å². The molecule has 10 aromatic rings. The van der Waals surface area contributed by atoms with Gasteiger partial charge in [-0.25, -0.2) is 8.42 Å². The van der Waals surface area contributed by atoms with E-state index < -0.39 is 15.6 Å². The first-order valence-corrected chi connectivity index (χ1v) is 24.0. The van der Waals surface area contributed by atoms with Gasteiger partial charge in [0.05, 0.1) is 5.69 Å². The molecule has 15 heteroatoms. The topological polar surface area (TPSA) is 149 Å². The Hall–Kier alpha value is -7.16. The minimum absolute atomic E-state index is 0. The van der Waals surface area contributed by atoms with Gasteiger partial charge < -0.3 is 29.7 Å². The van der Waals surface area contributed by atoms with Crippen molar-refractivity contribution in [1.29, 1.82) is 0 Å². The molecule has 0 spiro atoms. The number of aliphatic hydroxyl groups is 2. The quantitative estimate of drug-likeness (QED) is 0.0942. The Bertz CT molecular complexity index is 2950. The van der Waals surface area contributed by atoms with Crippen LogP contribution in [-0.4, -0.2) is 62.8 Å². The summed E-state index contributed by atoms with van der Waals surface area (Å²) in [7, 11) is -4.09. The third kappa shape index (κ3) is 21.6. The van der Waals surface area contributed by atoms with Crippen LogP contribution in [0.5, 0.6) is 0 Å². The molecule has 76 heavy (non-hydrogen) atoms. The molecule has 6 aromatic carbocycles. The van der Waals surface area contributed by atoms with E-state index in [0.29, 0.717) is 0 Å². The molecule has 0 unspecified atom stereocenters. The summed E-state index contributed by atoms with van der Waals surface area (Å²) in [5, 5.41) is 14.0. The van der Waals surface area contributed by atoms with Crippen LogP contribution in [0.25, 0.3) is 67.3 Å². The van der Waals surface area contributed by atoms with E-state index in [2.05, 4.69) is 113 Å². The minimum atomic E-state index is -6.09. The molecule has 4 heterocycles. The van der Waals surface area contributed by atoms with Crippen molar-refractivity contribution in [3.05, 3.63) is 266 Å². The Morgan fingerprint density at radius 3 is 1.00 bits per heavy atom. The molecule has 0 amide bonds. The summed E-state index contributed by atoms with van der Waals surface area (Å²) in [5.41, 5.74) is 9.42. The Morgan fingerprint density at radius 2 is 0.711 bits per heavy atom. The predicted octanol–water partition coefficient (Wildman–Crippen LogP) is 13.6. The summed E-state index contributed by atoms with van der Waals surface area (Å²) >= 11 is 0. The zero-order valence-corrected chi connectivity index (χ0v) is 47.2. The number of hydrogen-bond donors (Lipinski definition) is 2. The largest absolute Gasteiger partial charge is 0.741 e. The maximum absolute atomic E-state index is 10.7. The van der Waals surface area contributed by atoms with Crippen molar-refractivity contribution in [3.63, 3.8) is 0 Å². The normalized spacial score (nSPS) is 9.87. The third-order valence-electron chi connectivity index (χ3n) is 9.98. The van der Waals surface area contributed by atoms with E-state index in [0.717, 1.165) is 70.6 Å². The maximum Gasteiger partial charge on any atom is 0.485 e. The molecular weight excluding hydrogens is 1340 g/mol. The van der Waals surface area contributed by atoms with Crippen molar-refractivity contribution in [3.8, 4) is 67.3 Å². The molecule has 396 valence electrons. The minimum Gasteiger partial charge on any atom is -0.741 e. The Balaban J connectivity index is 0.000000327. The molecule has 0 aliphatic rings. The number of aromatic nitrogens is 4. The van der Waals surface area contributed by atoms with Crippen LogP contribution in [0.3, 0.4) is 0 Å². The number of halogens is 3. The fourth-order valence-corrected chi connectivity index (χ4v) is 6.59. The van der Waals surface area contributed by atoms with Gasteiger partial charge in [-0.3, -0.25) is 4.98 Å². The maximum atomic E-state index is 10.7. The summed E-state index contributed by atoms with van der Waals surface area (Å²) in [6, 6.07) is 84.2. The number of aryl methyl sites for hydroxylation is 2. The fraction of sp³-hybridized carbons (Fsp3) is 0.0820. The summed E-state index contributed by atoms with van der Waals surface area (Å²) < 4.78 is 58.9. The van der Waals surface area contributed by atoms with Gasteiger partial charge >= 0.3 is 5.51 Å². The predicted molar refractivity (Wildman–Crippen MR) is 288 cm³/mol. The van der Waals surface area contributed by atoms with Crippen molar-refractivity contribution in [1.82, 2.24) is 19.9 Å². The fourth-order valence-electron chi connectivity index (χ4n) is 6.59. The molecule has 0 atom stereocenters. The number of aliphatic hydroxyl groups excluding tert-OH is 2. The van der Waals surface area contributed by atoms with E-state index in [1.54, 1.807) is 6.20 Å². The zero-order valence-electron chi connectivity index (χ0n) is 41.6. The van der Waals surface area contributed by atoms with E-state index in [-0.39, 0.29) is 40.2 Å². The van der Waals surface area contributed by atoms with Gasteiger partial charge in [-0.2, -0.15) is 13.2 Å². The molecule has 0 aliphatic carbocycles. The van der Waals surface area contributed by atoms with Crippen molar-refractivity contribution in [2.45, 2.75) is 19.4 Å². The zero-order chi connectivity index (χ0) is 53.6. The average molecular weight is 1400 g/mol. The molecule has 4 aromatic heterocycles. The van der Waals surface area contributed by atoms with E-state index in [1.165, 1.54) is 22.3 Å². The van der Waals surface area contributed by atoms with E-state index in [4.69, 9.17) is 23.2 Å². The molecule has 0 saturated heterocycles. The number of hydrogen-bond acceptors (Lipinski definition) is 9. The molecule has 2 N–H and O–H groups in total. The van der Waals surface area contributed by atoms with Gasteiger partial charge in [0.1, 0.15) is 0 Å². The first kappa shape index (κ1) is 65.0. The third-order valence-corrected chi connectivity index (χ3v) is 10.5. The van der Waals surface area contributed by atoms with Crippen molar-refractivity contribution < 1.29 is 76.6 Å². The van der Waals surface area contributed by atoms with Crippen molar-refractivity contribution >= 4 is 10.1 Å². The van der Waals surface area contributed by atoms with Crippen LogP contribution in [0.4, 0.5) is 13.2 Å². The summed E-state index contributed by atoms with van der Waals surface area (Å²) in [6.45, 7) is 4.10. The van der Waals surface area contributed by atoms with Crippen LogP contribution >= 0.6 is 0 Å². The van der Waals surface area contributed by atoms with Crippen LogP contribution in [0.15, 0.2) is 237 Å². The SMILES string of the molecule is CO.CO.Cc1nc(-c2[c-]cccc2)ccc1-c1ccccc1.Cc1nc(-c2[c-]cccc2)ccc1-c1ccccc1.O=S(=O)([O-])C(F)(F)F.[Ir].[Ir].[c-]1ccccc1-c1ccccn1.c1ccc(-c2ccccn2)cc1. The Labute approximate surface area is 470 Å². The number of rotatable bonds is 6. The summed E-state index contributed by atoms with van der Waals surface area (Å²) in [5.74, 6) is 0. The first-order valence-electron chi connectivity index (χ1n) is 22.6. The standard InChI is InChI=1S/2C18H14N.C11H9N.C11H8N.CHF3O3S.2CH4O.2Ir/c2*1-14-17(15-8-4-2-5-9-15)12-13-18(19-14)16-10-6-3-7-11-16;2*1-2-6-10(7-3-1)11-8-4-5-9-12-11;2-1(3,4)8(5,6)7;2*1-2;;/h2*2-10,12-13H,1H3;1-9H;1-6,8-9H;(H,5,6,7);2*2H,1H3;;/q2*-1;;-1;;;;;/p-1. The number of pyridine rings is 4. The number of alkyl halides is 3. The Morgan fingerprint density at radius 1 is 0.408 bits per heavy atom. The van der Waals surface area contributed by atoms with Crippen LogP contribution in [0.2, 0.25) is 0 Å². The molecular formula is C61H53F3Ir2N4O5S-4. The number of benzene rings is 6. The van der Waals surface area contributed by atoms with Crippen LogP contribution in [-0.2, 0) is 50.3 Å². The molecule has 9 nitrogen and oxygen atoms in total. The van der Waals surface area contributed by atoms with Gasteiger partial charge in [-0.1, -0.05) is 133 Å². The molecule has 0 saturated carbocycles. The van der Waals surface area contributed by atoms with E-state index in [1.807, 2.05) is 170 Å². The molecule has 10 rings (SSSR count). The molecule has 0 aliphatic heterocycles. The van der Waals surface area contributed by atoms with Gasteiger partial charge in [-0.05, 0) is 60.3 Å². The van der Waals surface area contributed by atoms with E-state index in [9.17, 15) is 13.2 Å². The molecule has 2 radical (unpaired) electrons. The second kappa shape index (κ2) is 35.2. The smallest absolute Gasteiger partial charge is 0.485 e. The van der Waals surface area contributed by atoms with Gasteiger partial charge in [0.25, 0.3) is 0 Å². The van der Waals surface area contributed by atoms with Gasteiger partial charge in [-0.15, -0.1) is 108 Å². The van der Waals surface area contributed by atoms with Crippen LogP contribution in [0, 0.1) is 32.0 Å². The average Bonchev–Trinajstić information content (AvgIpc) is 3.46. The van der Waals surface area contributed by atoms with Crippen LogP contribution in [0.1, 0.15) is 11.4 Å². The second-order valence-electron chi connectivity index (χ2n) is 14.9. The molecule has 0 fully saturated rings. The summed E-state index contributed by atoms with van der Waals surface area (Å²) in [4.78, 5) is 17.8. The van der Waals surface area contributed by atoms with Gasteiger partial charge in [0.15, 0.2) is 10.1 Å². The molecule has 0 bridgehead atoms. The monoisotopic (exact) mass is 1400 g/mol. The number of nitrogens with zero attached hydrogens (tertiary/aromatic N) is 4. The van der Waals surface area contributed by atoms with Crippen LogP contribution < -0.4 is 0 Å².